The lowest BCUT2D eigenvalue weighted by Gasteiger charge is -2.25. The predicted octanol–water partition coefficient (Wildman–Crippen LogP) is 3.54. The number of morpholine rings is 1. The second-order valence-corrected chi connectivity index (χ2v) is 7.21. The fourth-order valence-electron chi connectivity index (χ4n) is 3.11. The number of halogens is 3. The molecule has 0 spiro atoms. The number of aliphatic imine (C=N–C) groups is 1. The first-order chi connectivity index (χ1) is 14.8. The van der Waals surface area contributed by atoms with Gasteiger partial charge in [0.15, 0.2) is 0 Å². The fourth-order valence-corrected chi connectivity index (χ4v) is 3.11. The number of ether oxygens (including phenoxy) is 1. The van der Waals surface area contributed by atoms with E-state index in [1.165, 1.54) is 12.1 Å². The predicted molar refractivity (Wildman–Crippen MR) is 113 cm³/mol. The molecule has 0 aliphatic carbocycles. The molecule has 1 amide bonds. The highest BCUT2D eigenvalue weighted by atomic mass is 19.4. The highest BCUT2D eigenvalue weighted by Gasteiger charge is 2.30. The molecule has 1 aliphatic rings. The smallest absolute Gasteiger partial charge is 0.379 e. The molecule has 1 heterocycles. The normalized spacial score (nSPS) is 15.5. The van der Waals surface area contributed by atoms with Gasteiger partial charge in [-0.3, -0.25) is 20.0 Å². The lowest BCUT2D eigenvalue weighted by Crippen LogP contribution is -2.39. The Labute approximate surface area is 179 Å². The van der Waals surface area contributed by atoms with E-state index in [4.69, 9.17) is 4.74 Å². The molecule has 6 nitrogen and oxygen atoms in total. The largest absolute Gasteiger partial charge is 0.416 e. The van der Waals surface area contributed by atoms with Crippen LogP contribution in [0.4, 0.5) is 18.9 Å². The van der Waals surface area contributed by atoms with Crippen LogP contribution < -0.4 is 10.6 Å². The van der Waals surface area contributed by atoms with Gasteiger partial charge in [0.25, 0.3) is 5.91 Å². The summed E-state index contributed by atoms with van der Waals surface area (Å²) in [7, 11) is 0. The Bertz CT molecular complexity index is 925. The molecule has 3 rings (SSSR count). The summed E-state index contributed by atoms with van der Waals surface area (Å²) >= 11 is 0. The van der Waals surface area contributed by atoms with E-state index < -0.39 is 17.6 Å². The standard InChI is InChI=1S/C22H25F3N4O2/c1-16-4-2-5-17(14-16)20(30)28-21(26-8-9-29-10-12-31-13-11-29)27-19-7-3-6-18(15-19)22(23,24)25/h2-7,14-15H,8-13H2,1H3,(H2,26,27,28,30). The minimum Gasteiger partial charge on any atom is -0.379 e. The van der Waals surface area contributed by atoms with Crippen LogP contribution in [-0.4, -0.2) is 56.2 Å². The number of aryl methyl sites for hydroxylation is 1. The van der Waals surface area contributed by atoms with Crippen LogP contribution in [0.5, 0.6) is 0 Å². The van der Waals surface area contributed by atoms with Crippen LogP contribution in [0.15, 0.2) is 53.5 Å². The SMILES string of the molecule is Cc1cccc(C(=O)NC(=NCCN2CCOCC2)Nc2cccc(C(F)(F)F)c2)c1. The highest BCUT2D eigenvalue weighted by Crippen LogP contribution is 2.30. The van der Waals surface area contributed by atoms with Crippen molar-refractivity contribution < 1.29 is 22.7 Å². The van der Waals surface area contributed by atoms with Gasteiger partial charge in [0.1, 0.15) is 0 Å². The topological polar surface area (TPSA) is 66.0 Å². The Morgan fingerprint density at radius 1 is 1.13 bits per heavy atom. The summed E-state index contributed by atoms with van der Waals surface area (Å²) in [6.45, 7) is 5.79. The summed E-state index contributed by atoms with van der Waals surface area (Å²) in [4.78, 5) is 19.2. The molecule has 9 heteroatoms. The van der Waals surface area contributed by atoms with Crippen LogP contribution >= 0.6 is 0 Å². The number of hydrogen-bond donors (Lipinski definition) is 2. The van der Waals surface area contributed by atoms with Gasteiger partial charge in [-0.15, -0.1) is 0 Å². The molecule has 1 aliphatic heterocycles. The third-order valence-corrected chi connectivity index (χ3v) is 4.75. The van der Waals surface area contributed by atoms with Gasteiger partial charge in [-0.25, -0.2) is 0 Å². The molecule has 0 unspecified atom stereocenters. The van der Waals surface area contributed by atoms with Crippen molar-refractivity contribution in [2.45, 2.75) is 13.1 Å². The fraction of sp³-hybridized carbons (Fsp3) is 0.364. The quantitative estimate of drug-likeness (QED) is 0.558. The van der Waals surface area contributed by atoms with Crippen molar-refractivity contribution in [3.8, 4) is 0 Å². The van der Waals surface area contributed by atoms with Crippen molar-refractivity contribution >= 4 is 17.6 Å². The first-order valence-corrected chi connectivity index (χ1v) is 9.98. The molecule has 166 valence electrons. The molecule has 0 saturated carbocycles. The van der Waals surface area contributed by atoms with Gasteiger partial charge >= 0.3 is 6.18 Å². The molecule has 2 aromatic carbocycles. The van der Waals surface area contributed by atoms with Crippen molar-refractivity contribution in [1.29, 1.82) is 0 Å². The van der Waals surface area contributed by atoms with E-state index in [-0.39, 0.29) is 11.6 Å². The number of guanidine groups is 1. The second kappa shape index (κ2) is 10.4. The number of benzene rings is 2. The molecule has 2 N–H and O–H groups in total. The van der Waals surface area contributed by atoms with E-state index in [1.54, 1.807) is 18.2 Å². The summed E-state index contributed by atoms with van der Waals surface area (Å²) in [5.74, 6) is -0.299. The maximum absolute atomic E-state index is 13.0. The number of nitrogens with one attached hydrogen (secondary N) is 2. The number of nitrogens with zero attached hydrogens (tertiary/aromatic N) is 2. The second-order valence-electron chi connectivity index (χ2n) is 7.21. The zero-order valence-corrected chi connectivity index (χ0v) is 17.2. The van der Waals surface area contributed by atoms with Gasteiger partial charge < -0.3 is 10.1 Å². The van der Waals surface area contributed by atoms with Gasteiger partial charge in [0, 0.05) is 30.9 Å². The third kappa shape index (κ3) is 7.08. The summed E-state index contributed by atoms with van der Waals surface area (Å²) in [6, 6.07) is 11.8. The lowest BCUT2D eigenvalue weighted by atomic mass is 10.1. The first kappa shape index (κ1) is 22.8. The number of carbonyl (C=O) groups excluding carboxylic acids is 1. The van der Waals surface area contributed by atoms with Crippen molar-refractivity contribution in [3.05, 3.63) is 65.2 Å². The highest BCUT2D eigenvalue weighted by molar-refractivity contribution is 6.10. The van der Waals surface area contributed by atoms with Gasteiger partial charge in [-0.2, -0.15) is 13.2 Å². The van der Waals surface area contributed by atoms with E-state index in [0.717, 1.165) is 30.8 Å². The molecule has 0 atom stereocenters. The van der Waals surface area contributed by atoms with Gasteiger partial charge in [0.2, 0.25) is 5.96 Å². The average Bonchev–Trinajstić information content (AvgIpc) is 2.74. The summed E-state index contributed by atoms with van der Waals surface area (Å²) in [5.41, 5.74) is 0.760. The molecule has 2 aromatic rings. The number of alkyl halides is 3. The monoisotopic (exact) mass is 434 g/mol. The van der Waals surface area contributed by atoms with Gasteiger partial charge in [0.05, 0.1) is 25.3 Å². The Hall–Kier alpha value is -2.91. The zero-order chi connectivity index (χ0) is 22.3. The molecule has 31 heavy (non-hydrogen) atoms. The molecule has 0 radical (unpaired) electrons. The van der Waals surface area contributed by atoms with Crippen LogP contribution in [0.25, 0.3) is 0 Å². The Morgan fingerprint density at radius 2 is 1.87 bits per heavy atom. The van der Waals surface area contributed by atoms with Crippen molar-refractivity contribution in [3.63, 3.8) is 0 Å². The Balaban J connectivity index is 1.74. The molecule has 0 aromatic heterocycles. The number of rotatable bonds is 5. The van der Waals surface area contributed by atoms with E-state index in [1.807, 2.05) is 13.0 Å². The number of amides is 1. The molecule has 1 saturated heterocycles. The summed E-state index contributed by atoms with van der Waals surface area (Å²) in [6.07, 6.45) is -4.46. The zero-order valence-electron chi connectivity index (χ0n) is 17.2. The van der Waals surface area contributed by atoms with Crippen LogP contribution in [0, 0.1) is 6.92 Å². The van der Waals surface area contributed by atoms with Crippen molar-refractivity contribution in [1.82, 2.24) is 10.2 Å². The van der Waals surface area contributed by atoms with Crippen LogP contribution in [0.2, 0.25) is 0 Å². The minimum absolute atomic E-state index is 0.0964. The lowest BCUT2D eigenvalue weighted by molar-refractivity contribution is -0.137. The maximum atomic E-state index is 13.0. The number of anilines is 1. The summed E-state index contributed by atoms with van der Waals surface area (Å²) < 4.78 is 44.4. The first-order valence-electron chi connectivity index (χ1n) is 9.98. The Kier molecular flexibility index (Phi) is 7.64. The Morgan fingerprint density at radius 3 is 2.58 bits per heavy atom. The van der Waals surface area contributed by atoms with Crippen molar-refractivity contribution in [2.75, 3.05) is 44.7 Å². The van der Waals surface area contributed by atoms with E-state index in [2.05, 4.69) is 20.5 Å². The van der Waals surface area contributed by atoms with Gasteiger partial charge in [-0.1, -0.05) is 23.8 Å². The van der Waals surface area contributed by atoms with E-state index in [9.17, 15) is 18.0 Å². The van der Waals surface area contributed by atoms with E-state index in [0.29, 0.717) is 31.9 Å². The van der Waals surface area contributed by atoms with Crippen LogP contribution in [0.1, 0.15) is 21.5 Å². The number of carbonyl (C=O) groups is 1. The van der Waals surface area contributed by atoms with Gasteiger partial charge in [-0.05, 0) is 37.3 Å². The molecular weight excluding hydrogens is 409 g/mol. The van der Waals surface area contributed by atoms with Crippen LogP contribution in [0.3, 0.4) is 0 Å². The third-order valence-electron chi connectivity index (χ3n) is 4.75. The number of hydrogen-bond acceptors (Lipinski definition) is 4. The summed E-state index contributed by atoms with van der Waals surface area (Å²) in [5, 5.41) is 5.50. The van der Waals surface area contributed by atoms with E-state index >= 15 is 0 Å². The molecule has 0 bridgehead atoms. The molecule has 1 fully saturated rings. The average molecular weight is 434 g/mol. The molecular formula is C22H25F3N4O2. The van der Waals surface area contributed by atoms with Crippen molar-refractivity contribution in [2.24, 2.45) is 4.99 Å². The van der Waals surface area contributed by atoms with Crippen LogP contribution in [-0.2, 0) is 10.9 Å². The minimum atomic E-state index is -4.46. The maximum Gasteiger partial charge on any atom is 0.416 e.